The average molecular weight is 414 g/mol. The number of rotatable bonds is 2. The quantitative estimate of drug-likeness (QED) is 0.445. The second-order valence-corrected chi connectivity index (χ2v) is 9.63. The molecule has 5 N–H and O–H groups in total. The predicted octanol–water partition coefficient (Wildman–Crippen LogP) is 0.360. The molecule has 0 heterocycles. The molecule has 29 heavy (non-hydrogen) atoms. The Kier molecular flexibility index (Phi) is 4.48. The minimum absolute atomic E-state index is 0.00407. The van der Waals surface area contributed by atoms with Crippen LogP contribution in [0.5, 0.6) is 0 Å². The van der Waals surface area contributed by atoms with E-state index in [2.05, 4.69) is 0 Å². The van der Waals surface area contributed by atoms with Gasteiger partial charge in [0.2, 0.25) is 0 Å². The number of hydrogen-bond acceptors (Lipinski definition) is 6. The molecule has 0 saturated heterocycles. The zero-order valence-electron chi connectivity index (χ0n) is 16.4. The molecule has 10 atom stereocenters. The molecule has 0 amide bonds. The van der Waals surface area contributed by atoms with E-state index in [1.165, 1.54) is 26.0 Å². The van der Waals surface area contributed by atoms with Crippen molar-refractivity contribution in [3.8, 4) is 0 Å². The summed E-state index contributed by atoms with van der Waals surface area (Å²) in [5.41, 5.74) is -7.39. The van der Waals surface area contributed by atoms with Crippen molar-refractivity contribution in [2.75, 3.05) is 6.61 Å². The zero-order valence-corrected chi connectivity index (χ0v) is 16.4. The van der Waals surface area contributed by atoms with Crippen LogP contribution in [0.25, 0.3) is 0 Å². The van der Waals surface area contributed by atoms with Crippen molar-refractivity contribution >= 4 is 5.78 Å². The van der Waals surface area contributed by atoms with E-state index in [-0.39, 0.29) is 24.8 Å². The molecule has 0 aromatic heterocycles. The van der Waals surface area contributed by atoms with Crippen molar-refractivity contribution in [1.29, 1.82) is 0 Å². The summed E-state index contributed by atoms with van der Waals surface area (Å²) in [6.07, 6.45) is -3.55. The van der Waals surface area contributed by atoms with E-state index in [1.807, 2.05) is 0 Å². The molecule has 6 nitrogen and oxygen atoms in total. The Labute approximate surface area is 167 Å². The fraction of sp³-hybridized carbons (Fsp3) is 0.762. The van der Waals surface area contributed by atoms with Crippen LogP contribution in [0, 0.1) is 22.7 Å². The molecule has 8 heteroatoms. The van der Waals surface area contributed by atoms with Gasteiger partial charge in [-0.15, -0.1) is 0 Å². The molecule has 1 unspecified atom stereocenters. The molecular weight excluding hydrogens is 386 g/mol. The lowest BCUT2D eigenvalue weighted by atomic mass is 9.44. The molecular formula is C21H28F2O6. The second kappa shape index (κ2) is 6.17. The minimum atomic E-state index is -2.32. The lowest BCUT2D eigenvalue weighted by Gasteiger charge is -2.63. The van der Waals surface area contributed by atoms with E-state index in [4.69, 9.17) is 0 Å². The van der Waals surface area contributed by atoms with Crippen molar-refractivity contribution in [3.05, 3.63) is 23.8 Å². The Bertz CT molecular complexity index is 800. The number of carbonyl (C=O) groups excluding carboxylic acids is 1. The van der Waals surface area contributed by atoms with Gasteiger partial charge in [-0.3, -0.25) is 4.79 Å². The van der Waals surface area contributed by atoms with Gasteiger partial charge in [0, 0.05) is 16.7 Å². The Morgan fingerprint density at radius 3 is 2.48 bits per heavy atom. The normalized spacial score (nSPS) is 55.0. The first-order valence-electron chi connectivity index (χ1n) is 10.0. The predicted molar refractivity (Wildman–Crippen MR) is 98.1 cm³/mol. The van der Waals surface area contributed by atoms with Crippen LogP contribution in [0.1, 0.15) is 33.1 Å². The number of aliphatic hydroxyl groups excluding tert-OH is 4. The summed E-state index contributed by atoms with van der Waals surface area (Å²) in [6.45, 7) is 2.18. The van der Waals surface area contributed by atoms with Crippen LogP contribution in [0.15, 0.2) is 23.8 Å². The molecule has 0 aromatic carbocycles. The number of halogens is 2. The second-order valence-electron chi connectivity index (χ2n) is 9.63. The van der Waals surface area contributed by atoms with Gasteiger partial charge in [-0.05, 0) is 49.8 Å². The number of hydrogen-bond donors (Lipinski definition) is 5. The van der Waals surface area contributed by atoms with Gasteiger partial charge in [0.05, 0.1) is 18.8 Å². The highest BCUT2D eigenvalue weighted by molar-refractivity contribution is 6.01. The smallest absolute Gasteiger partial charge is 0.178 e. The summed E-state index contributed by atoms with van der Waals surface area (Å²) in [6, 6.07) is 0. The summed E-state index contributed by atoms with van der Waals surface area (Å²) in [5.74, 6) is -2.25. The van der Waals surface area contributed by atoms with Gasteiger partial charge in [-0.2, -0.15) is 0 Å². The van der Waals surface area contributed by atoms with Crippen LogP contribution in [-0.4, -0.2) is 73.7 Å². The van der Waals surface area contributed by atoms with Crippen LogP contribution in [0.2, 0.25) is 0 Å². The zero-order chi connectivity index (χ0) is 21.6. The third-order valence-corrected chi connectivity index (χ3v) is 8.60. The van der Waals surface area contributed by atoms with Gasteiger partial charge in [-0.25, -0.2) is 8.78 Å². The number of aliphatic hydroxyl groups is 5. The van der Waals surface area contributed by atoms with Crippen molar-refractivity contribution in [2.24, 2.45) is 22.7 Å². The maximum Gasteiger partial charge on any atom is 0.178 e. The van der Waals surface area contributed by atoms with E-state index >= 15 is 8.78 Å². The molecule has 0 spiro atoms. The monoisotopic (exact) mass is 414 g/mol. The third-order valence-electron chi connectivity index (χ3n) is 8.60. The number of fused-ring (bicyclic) bond motifs is 5. The summed E-state index contributed by atoms with van der Waals surface area (Å²) in [4.78, 5) is 11.8. The summed E-state index contributed by atoms with van der Waals surface area (Å²) >= 11 is 0. The maximum absolute atomic E-state index is 16.8. The Balaban J connectivity index is 1.86. The Hall–Kier alpha value is -1.19. The van der Waals surface area contributed by atoms with Crippen LogP contribution in [-0.2, 0) is 4.79 Å². The van der Waals surface area contributed by atoms with Crippen LogP contribution in [0.3, 0.4) is 0 Å². The third kappa shape index (κ3) is 2.24. The van der Waals surface area contributed by atoms with Crippen molar-refractivity contribution < 1.29 is 39.1 Å². The summed E-state index contributed by atoms with van der Waals surface area (Å²) in [7, 11) is 0. The van der Waals surface area contributed by atoms with Gasteiger partial charge in [-0.1, -0.05) is 13.0 Å². The number of allylic oxidation sites excluding steroid dienone is 4. The molecule has 4 aliphatic carbocycles. The topological polar surface area (TPSA) is 118 Å². The van der Waals surface area contributed by atoms with E-state index in [0.29, 0.717) is 0 Å². The first-order valence-corrected chi connectivity index (χ1v) is 10.0. The first kappa shape index (κ1) is 21.1. The van der Waals surface area contributed by atoms with E-state index in [9.17, 15) is 30.3 Å². The lowest BCUT2D eigenvalue weighted by molar-refractivity contribution is -0.251. The van der Waals surface area contributed by atoms with Crippen molar-refractivity contribution in [1.82, 2.24) is 0 Å². The van der Waals surface area contributed by atoms with E-state index in [1.54, 1.807) is 0 Å². The Morgan fingerprint density at radius 2 is 1.86 bits per heavy atom. The van der Waals surface area contributed by atoms with E-state index < -0.39 is 70.8 Å². The highest BCUT2D eigenvalue weighted by atomic mass is 19.1. The fourth-order valence-corrected chi connectivity index (χ4v) is 6.99. The molecule has 0 radical (unpaired) electrons. The van der Waals surface area contributed by atoms with E-state index in [0.717, 1.165) is 6.08 Å². The number of ketones is 1. The van der Waals surface area contributed by atoms with Gasteiger partial charge in [0.1, 0.15) is 17.9 Å². The Morgan fingerprint density at radius 1 is 1.21 bits per heavy atom. The first-order chi connectivity index (χ1) is 13.4. The molecule has 0 bridgehead atoms. The standard InChI is InChI=1S/C21H28F2O6/c1-18-4-3-10(25)5-13(18)14(22)6-12-11-7-15(26)21(29,17(28)9-24)19(11,2)8-16(27)20(12,18)23/h3-5,11-12,14-17,24,26-29H,6-9H2,1-2H3/t11-,12-,14-,15+,16-,17?,18-,19-,20-,21-/m0/s1. The maximum atomic E-state index is 16.8. The largest absolute Gasteiger partial charge is 0.394 e. The number of alkyl halides is 2. The highest BCUT2D eigenvalue weighted by Crippen LogP contribution is 2.70. The van der Waals surface area contributed by atoms with Crippen molar-refractivity contribution in [3.63, 3.8) is 0 Å². The van der Waals surface area contributed by atoms with Gasteiger partial charge in [0.25, 0.3) is 0 Å². The summed E-state index contributed by atoms with van der Waals surface area (Å²) in [5, 5.41) is 52.6. The van der Waals surface area contributed by atoms with Gasteiger partial charge >= 0.3 is 0 Å². The highest BCUT2D eigenvalue weighted by Gasteiger charge is 2.76. The SMILES string of the molecule is C[C@]12C=CC(=O)C=C1[C@@H](F)C[C@H]1[C@@H]3C[C@@H](O)[C@](O)(C(O)CO)[C@@]3(C)C[C@H](O)[C@@]12F. The minimum Gasteiger partial charge on any atom is -0.394 e. The van der Waals surface area contributed by atoms with Crippen LogP contribution >= 0.6 is 0 Å². The molecule has 3 fully saturated rings. The molecule has 162 valence electrons. The molecule has 0 aliphatic heterocycles. The molecule has 4 rings (SSSR count). The van der Waals surface area contributed by atoms with Gasteiger partial charge < -0.3 is 25.5 Å². The fourth-order valence-electron chi connectivity index (χ4n) is 6.99. The van der Waals surface area contributed by atoms with Gasteiger partial charge in [0.15, 0.2) is 11.5 Å². The van der Waals surface area contributed by atoms with Crippen molar-refractivity contribution in [2.45, 2.75) is 68.9 Å². The molecule has 4 aliphatic rings. The average Bonchev–Trinajstić information content (AvgIpc) is 2.86. The molecule has 0 aromatic rings. The number of carbonyl (C=O) groups is 1. The summed E-state index contributed by atoms with van der Waals surface area (Å²) < 4.78 is 32.0. The molecule has 3 saturated carbocycles. The van der Waals surface area contributed by atoms with Crippen LogP contribution < -0.4 is 0 Å². The lowest BCUT2D eigenvalue weighted by Crippen LogP contribution is -2.71. The van der Waals surface area contributed by atoms with Crippen LogP contribution in [0.4, 0.5) is 8.78 Å².